The summed E-state index contributed by atoms with van der Waals surface area (Å²) in [7, 11) is 0. The molecule has 1 N–H and O–H groups in total. The average Bonchev–Trinajstić information content (AvgIpc) is 3.14. The Bertz CT molecular complexity index is 740. The molecule has 0 bridgehead atoms. The zero-order valence-electron chi connectivity index (χ0n) is 17.1. The number of nitrogens with one attached hydrogen (secondary N) is 1. The summed E-state index contributed by atoms with van der Waals surface area (Å²) in [5, 5.41) is 12.7. The van der Waals surface area contributed by atoms with Gasteiger partial charge >= 0.3 is 0 Å². The topological polar surface area (TPSA) is 59.8 Å². The van der Waals surface area contributed by atoms with Gasteiger partial charge in [0, 0.05) is 13.0 Å². The van der Waals surface area contributed by atoms with E-state index in [1.807, 2.05) is 37.3 Å². The molecule has 28 heavy (non-hydrogen) atoms. The summed E-state index contributed by atoms with van der Waals surface area (Å²) < 4.78 is 2.17. The van der Waals surface area contributed by atoms with Gasteiger partial charge in [-0.3, -0.25) is 4.79 Å². The third kappa shape index (κ3) is 5.84. The monoisotopic (exact) mass is 400 g/mol. The molecule has 1 heterocycles. The lowest BCUT2D eigenvalue weighted by Crippen LogP contribution is -2.28. The second kappa shape index (κ2) is 10.6. The van der Waals surface area contributed by atoms with E-state index in [9.17, 15) is 4.79 Å². The maximum absolute atomic E-state index is 12.3. The van der Waals surface area contributed by atoms with Crippen LogP contribution >= 0.6 is 11.8 Å². The van der Waals surface area contributed by atoms with Crippen LogP contribution in [0.1, 0.15) is 69.8 Å². The van der Waals surface area contributed by atoms with Gasteiger partial charge in [0.25, 0.3) is 0 Å². The van der Waals surface area contributed by atoms with Crippen LogP contribution in [-0.4, -0.2) is 26.4 Å². The van der Waals surface area contributed by atoms with E-state index in [1.54, 1.807) is 0 Å². The van der Waals surface area contributed by atoms with Crippen molar-refractivity contribution in [3.05, 3.63) is 41.7 Å². The number of carbonyl (C=O) groups is 1. The van der Waals surface area contributed by atoms with Crippen LogP contribution in [0.5, 0.6) is 0 Å². The lowest BCUT2D eigenvalue weighted by Gasteiger charge is -2.21. The number of hydrogen-bond donors (Lipinski definition) is 1. The minimum atomic E-state index is 0.00407. The van der Waals surface area contributed by atoms with Crippen LogP contribution in [-0.2, 0) is 17.8 Å². The fourth-order valence-corrected chi connectivity index (χ4v) is 4.81. The van der Waals surface area contributed by atoms with Crippen LogP contribution in [0.4, 0.5) is 0 Å². The van der Waals surface area contributed by atoms with Gasteiger partial charge in [0.2, 0.25) is 5.91 Å². The average molecular weight is 401 g/mol. The first-order chi connectivity index (χ1) is 13.7. The first-order valence-electron chi connectivity index (χ1n) is 10.6. The molecule has 1 saturated carbocycles. The Kier molecular flexibility index (Phi) is 7.95. The molecule has 1 unspecified atom stereocenters. The predicted molar refractivity (Wildman–Crippen MR) is 114 cm³/mol. The normalized spacial score (nSPS) is 16.1. The largest absolute Gasteiger partial charge is 0.349 e. The molecule has 152 valence electrons. The lowest BCUT2D eigenvalue weighted by molar-refractivity contribution is -0.119. The van der Waals surface area contributed by atoms with Crippen LogP contribution in [0.15, 0.2) is 35.5 Å². The van der Waals surface area contributed by atoms with Crippen molar-refractivity contribution in [3.63, 3.8) is 0 Å². The highest BCUT2D eigenvalue weighted by atomic mass is 32.2. The Morgan fingerprint density at radius 3 is 2.68 bits per heavy atom. The van der Waals surface area contributed by atoms with Gasteiger partial charge < -0.3 is 9.88 Å². The van der Waals surface area contributed by atoms with E-state index >= 15 is 0 Å². The van der Waals surface area contributed by atoms with Crippen LogP contribution < -0.4 is 5.32 Å². The van der Waals surface area contributed by atoms with Gasteiger partial charge in [-0.15, -0.1) is 10.2 Å². The van der Waals surface area contributed by atoms with Crippen molar-refractivity contribution in [2.75, 3.05) is 5.75 Å². The second-order valence-corrected chi connectivity index (χ2v) is 8.62. The number of benzene rings is 1. The fraction of sp³-hybridized carbons (Fsp3) is 0.591. The van der Waals surface area contributed by atoms with E-state index in [-0.39, 0.29) is 11.9 Å². The first kappa shape index (κ1) is 20.9. The van der Waals surface area contributed by atoms with E-state index in [0.717, 1.165) is 35.4 Å². The van der Waals surface area contributed by atoms with Crippen LogP contribution in [0.25, 0.3) is 0 Å². The standard InChI is InChI=1S/C22H32N4OS/c1-3-26-20(15-14-18-10-6-4-7-11-18)24-25-22(26)28-16-21(27)23-17(2)19-12-8-5-9-13-19/h5,8-9,12-13,17-18H,3-4,6-7,10-11,14-16H2,1-2H3,(H,23,27). The number of thioether (sulfide) groups is 1. The van der Waals surface area contributed by atoms with Gasteiger partial charge in [0.05, 0.1) is 11.8 Å². The Morgan fingerprint density at radius 1 is 1.21 bits per heavy atom. The van der Waals surface area contributed by atoms with Crippen LogP contribution in [0, 0.1) is 5.92 Å². The van der Waals surface area contributed by atoms with E-state index in [2.05, 4.69) is 27.0 Å². The molecule has 1 aromatic carbocycles. The van der Waals surface area contributed by atoms with Gasteiger partial charge in [-0.2, -0.15) is 0 Å². The molecule has 3 rings (SSSR count). The number of aromatic nitrogens is 3. The quantitative estimate of drug-likeness (QED) is 0.615. The van der Waals surface area contributed by atoms with Gasteiger partial charge in [-0.25, -0.2) is 0 Å². The molecule has 0 aliphatic heterocycles. The van der Waals surface area contributed by atoms with E-state index < -0.39 is 0 Å². The third-order valence-electron chi connectivity index (χ3n) is 5.62. The van der Waals surface area contributed by atoms with Crippen LogP contribution in [0.2, 0.25) is 0 Å². The highest BCUT2D eigenvalue weighted by molar-refractivity contribution is 7.99. The molecule has 6 heteroatoms. The highest BCUT2D eigenvalue weighted by Crippen LogP contribution is 2.28. The van der Waals surface area contributed by atoms with Crippen molar-refractivity contribution in [2.24, 2.45) is 5.92 Å². The summed E-state index contributed by atoms with van der Waals surface area (Å²) in [6.07, 6.45) is 9.07. The minimum Gasteiger partial charge on any atom is -0.349 e. The summed E-state index contributed by atoms with van der Waals surface area (Å²) in [6.45, 7) is 4.97. The summed E-state index contributed by atoms with van der Waals surface area (Å²) >= 11 is 1.48. The molecule has 1 aromatic heterocycles. The molecule has 5 nitrogen and oxygen atoms in total. The molecule has 1 amide bonds. The zero-order valence-corrected chi connectivity index (χ0v) is 17.9. The SMILES string of the molecule is CCn1c(CCC2CCCCC2)nnc1SCC(=O)NC(C)c1ccccc1. The Balaban J connectivity index is 1.49. The molecular weight excluding hydrogens is 368 g/mol. The summed E-state index contributed by atoms with van der Waals surface area (Å²) in [5.74, 6) is 2.29. The smallest absolute Gasteiger partial charge is 0.230 e. The van der Waals surface area contributed by atoms with Crippen molar-refractivity contribution in [3.8, 4) is 0 Å². The Morgan fingerprint density at radius 2 is 1.96 bits per heavy atom. The number of aryl methyl sites for hydroxylation is 1. The maximum atomic E-state index is 12.3. The molecule has 0 spiro atoms. The summed E-state index contributed by atoms with van der Waals surface area (Å²) in [5.41, 5.74) is 1.11. The Labute approximate surface area is 172 Å². The maximum Gasteiger partial charge on any atom is 0.230 e. The molecule has 1 aliphatic rings. The van der Waals surface area contributed by atoms with Gasteiger partial charge in [-0.1, -0.05) is 74.2 Å². The molecule has 0 radical (unpaired) electrons. The lowest BCUT2D eigenvalue weighted by atomic mass is 9.86. The van der Waals surface area contributed by atoms with E-state index in [0.29, 0.717) is 5.75 Å². The number of amides is 1. The highest BCUT2D eigenvalue weighted by Gasteiger charge is 2.17. The molecule has 2 aromatic rings. The number of rotatable bonds is 9. The Hall–Kier alpha value is -1.82. The summed E-state index contributed by atoms with van der Waals surface area (Å²) in [4.78, 5) is 12.3. The van der Waals surface area contributed by atoms with Crippen molar-refractivity contribution < 1.29 is 4.79 Å². The van der Waals surface area contributed by atoms with Gasteiger partial charge in [0.15, 0.2) is 5.16 Å². The second-order valence-electron chi connectivity index (χ2n) is 7.67. The number of hydrogen-bond acceptors (Lipinski definition) is 4. The number of carbonyl (C=O) groups excluding carboxylic acids is 1. The van der Waals surface area contributed by atoms with Crippen molar-refractivity contribution in [1.82, 2.24) is 20.1 Å². The third-order valence-corrected chi connectivity index (χ3v) is 6.59. The number of nitrogens with zero attached hydrogens (tertiary/aromatic N) is 3. The van der Waals surface area contributed by atoms with Crippen LogP contribution in [0.3, 0.4) is 0 Å². The summed E-state index contributed by atoms with van der Waals surface area (Å²) in [6, 6.07) is 10.0. The zero-order chi connectivity index (χ0) is 19.8. The first-order valence-corrected chi connectivity index (χ1v) is 11.5. The molecule has 1 aliphatic carbocycles. The minimum absolute atomic E-state index is 0.00407. The molecule has 0 saturated heterocycles. The molecule has 1 atom stereocenters. The van der Waals surface area contributed by atoms with Gasteiger partial charge in [-0.05, 0) is 31.7 Å². The molecular formula is C22H32N4OS. The molecule has 1 fully saturated rings. The van der Waals surface area contributed by atoms with Crippen molar-refractivity contribution in [2.45, 2.75) is 76.5 Å². The van der Waals surface area contributed by atoms with E-state index in [1.165, 1.54) is 50.3 Å². The fourth-order valence-electron chi connectivity index (χ4n) is 3.98. The van der Waals surface area contributed by atoms with Gasteiger partial charge in [0.1, 0.15) is 5.82 Å². The predicted octanol–water partition coefficient (Wildman–Crippen LogP) is 4.78. The van der Waals surface area contributed by atoms with E-state index in [4.69, 9.17) is 0 Å². The van der Waals surface area contributed by atoms with Crippen molar-refractivity contribution in [1.29, 1.82) is 0 Å². The van der Waals surface area contributed by atoms with Crippen molar-refractivity contribution >= 4 is 17.7 Å².